The molecular formula is C11H12ClFN2O. The summed E-state index contributed by atoms with van der Waals surface area (Å²) in [7, 11) is 0. The Hall–Kier alpha value is -0.710. The summed E-state index contributed by atoms with van der Waals surface area (Å²) in [6, 6.07) is 3.57. The number of rotatable bonds is 0. The molecule has 1 aromatic heterocycles. The fraction of sp³-hybridized carbons (Fsp3) is 0.545. The third kappa shape index (κ3) is 1.61. The van der Waals surface area contributed by atoms with Crippen LogP contribution in [0, 0.1) is 0 Å². The van der Waals surface area contributed by atoms with E-state index < -0.39 is 6.17 Å². The number of hydrogen-bond acceptors (Lipinski definition) is 3. The molecule has 3 nitrogen and oxygen atoms in total. The molecule has 1 fully saturated rings. The molecule has 0 spiro atoms. The molecule has 1 N–H and O–H groups in total. The van der Waals surface area contributed by atoms with Gasteiger partial charge in [-0.05, 0) is 24.6 Å². The Morgan fingerprint density at radius 2 is 2.38 bits per heavy atom. The summed E-state index contributed by atoms with van der Waals surface area (Å²) in [6.07, 6.45) is -0.767. The van der Waals surface area contributed by atoms with E-state index >= 15 is 0 Å². The molecular weight excluding hydrogens is 231 g/mol. The first-order chi connectivity index (χ1) is 7.75. The van der Waals surface area contributed by atoms with Gasteiger partial charge in [0.1, 0.15) is 17.4 Å². The van der Waals surface area contributed by atoms with Crippen LogP contribution in [0.3, 0.4) is 0 Å². The molecule has 3 atom stereocenters. The number of hydrogen-bond donors (Lipinski definition) is 1. The quantitative estimate of drug-likeness (QED) is 0.707. The smallest absolute Gasteiger partial charge is 0.129 e. The molecule has 0 amide bonds. The largest absolute Gasteiger partial charge is 0.367 e. The SMILES string of the molecule is F[C@H]1CCN[C@H]2c3ccc(Cl)nc3CO[C@@H]12. The average Bonchev–Trinajstić information content (AvgIpc) is 2.28. The average molecular weight is 243 g/mol. The maximum absolute atomic E-state index is 13.7. The van der Waals surface area contributed by atoms with Crippen molar-refractivity contribution < 1.29 is 9.13 Å². The van der Waals surface area contributed by atoms with Crippen molar-refractivity contribution in [2.45, 2.75) is 31.3 Å². The maximum atomic E-state index is 13.7. The van der Waals surface area contributed by atoms with Crippen LogP contribution >= 0.6 is 11.6 Å². The standard InChI is InChI=1S/C11H12ClFN2O/c12-9-2-1-6-8(15-9)5-16-11-7(13)3-4-14-10(6)11/h1-2,7,10-11,14H,3-5H2/t7-,10-,11-/m0/s1. The van der Waals surface area contributed by atoms with Crippen molar-refractivity contribution in [2.75, 3.05) is 6.54 Å². The minimum Gasteiger partial charge on any atom is -0.367 e. The number of fused-ring (bicyclic) bond motifs is 3. The normalized spacial score (nSPS) is 33.0. The van der Waals surface area contributed by atoms with Crippen LogP contribution in [0.1, 0.15) is 23.7 Å². The van der Waals surface area contributed by atoms with E-state index in [-0.39, 0.29) is 12.1 Å². The lowest BCUT2D eigenvalue weighted by atomic mass is 9.90. The van der Waals surface area contributed by atoms with Crippen LogP contribution in [-0.2, 0) is 11.3 Å². The highest BCUT2D eigenvalue weighted by molar-refractivity contribution is 6.29. The van der Waals surface area contributed by atoms with Gasteiger partial charge in [0.25, 0.3) is 0 Å². The van der Waals surface area contributed by atoms with Gasteiger partial charge >= 0.3 is 0 Å². The van der Waals surface area contributed by atoms with E-state index in [0.717, 1.165) is 11.3 Å². The Morgan fingerprint density at radius 1 is 1.50 bits per heavy atom. The van der Waals surface area contributed by atoms with Crippen molar-refractivity contribution in [3.63, 3.8) is 0 Å². The molecule has 0 saturated carbocycles. The van der Waals surface area contributed by atoms with Crippen molar-refractivity contribution in [1.82, 2.24) is 10.3 Å². The second-order valence-corrected chi connectivity index (χ2v) is 4.57. The van der Waals surface area contributed by atoms with Gasteiger partial charge in [0.05, 0.1) is 18.3 Å². The number of nitrogens with one attached hydrogen (secondary N) is 1. The molecule has 2 aliphatic heterocycles. The lowest BCUT2D eigenvalue weighted by molar-refractivity contribution is -0.0647. The van der Waals surface area contributed by atoms with Gasteiger partial charge < -0.3 is 10.1 Å². The predicted octanol–water partition coefficient (Wildman–Crippen LogP) is 2.01. The first kappa shape index (κ1) is 10.4. The molecule has 3 rings (SSSR count). The van der Waals surface area contributed by atoms with Crippen LogP contribution in [0.2, 0.25) is 5.15 Å². The van der Waals surface area contributed by atoms with Gasteiger partial charge in [-0.1, -0.05) is 17.7 Å². The second-order valence-electron chi connectivity index (χ2n) is 4.18. The molecule has 2 aliphatic rings. The highest BCUT2D eigenvalue weighted by Gasteiger charge is 2.39. The number of halogens is 2. The minimum absolute atomic E-state index is 0.0859. The zero-order chi connectivity index (χ0) is 11.1. The van der Waals surface area contributed by atoms with Crippen molar-refractivity contribution in [3.8, 4) is 0 Å². The molecule has 5 heteroatoms. The third-order valence-electron chi connectivity index (χ3n) is 3.19. The van der Waals surface area contributed by atoms with Gasteiger partial charge in [0.15, 0.2) is 0 Å². The Morgan fingerprint density at radius 3 is 3.25 bits per heavy atom. The Kier molecular flexibility index (Phi) is 2.58. The molecule has 3 heterocycles. The summed E-state index contributed by atoms with van der Waals surface area (Å²) in [4.78, 5) is 4.21. The number of aromatic nitrogens is 1. The summed E-state index contributed by atoms with van der Waals surface area (Å²) >= 11 is 5.82. The van der Waals surface area contributed by atoms with E-state index in [1.54, 1.807) is 6.07 Å². The zero-order valence-corrected chi connectivity index (χ0v) is 9.38. The molecule has 0 aromatic carbocycles. The molecule has 0 unspecified atom stereocenters. The highest BCUT2D eigenvalue weighted by atomic mass is 35.5. The van der Waals surface area contributed by atoms with Crippen molar-refractivity contribution in [1.29, 1.82) is 0 Å². The van der Waals surface area contributed by atoms with Crippen LogP contribution < -0.4 is 5.32 Å². The summed E-state index contributed by atoms with van der Waals surface area (Å²) in [5.74, 6) is 0. The first-order valence-corrected chi connectivity index (χ1v) is 5.78. The van der Waals surface area contributed by atoms with E-state index in [4.69, 9.17) is 16.3 Å². The Balaban J connectivity index is 1.99. The number of pyridine rings is 1. The topological polar surface area (TPSA) is 34.2 Å². The first-order valence-electron chi connectivity index (χ1n) is 5.40. The number of piperidine rings is 1. The lowest BCUT2D eigenvalue weighted by Gasteiger charge is -2.39. The monoisotopic (exact) mass is 242 g/mol. The van der Waals surface area contributed by atoms with Crippen molar-refractivity contribution >= 4 is 11.6 Å². The van der Waals surface area contributed by atoms with Gasteiger partial charge in [-0.15, -0.1) is 0 Å². The molecule has 1 saturated heterocycles. The molecule has 0 aliphatic carbocycles. The second kappa shape index (κ2) is 3.95. The summed E-state index contributed by atoms with van der Waals surface area (Å²) in [5.41, 5.74) is 1.83. The Bertz CT molecular complexity index is 415. The molecule has 1 aromatic rings. The summed E-state index contributed by atoms with van der Waals surface area (Å²) < 4.78 is 19.2. The molecule has 0 radical (unpaired) electrons. The highest BCUT2D eigenvalue weighted by Crippen LogP contribution is 2.34. The Labute approximate surface area is 98.0 Å². The fourth-order valence-corrected chi connectivity index (χ4v) is 2.58. The third-order valence-corrected chi connectivity index (χ3v) is 3.40. The van der Waals surface area contributed by atoms with Crippen LogP contribution in [0.5, 0.6) is 0 Å². The number of ether oxygens (including phenoxy) is 1. The molecule has 86 valence electrons. The van der Waals surface area contributed by atoms with Gasteiger partial charge in [-0.25, -0.2) is 9.37 Å². The van der Waals surface area contributed by atoms with E-state index in [2.05, 4.69) is 10.3 Å². The van der Waals surface area contributed by atoms with Crippen molar-refractivity contribution in [3.05, 3.63) is 28.5 Å². The van der Waals surface area contributed by atoms with Gasteiger partial charge in [-0.3, -0.25) is 0 Å². The van der Waals surface area contributed by atoms with Crippen molar-refractivity contribution in [2.24, 2.45) is 0 Å². The van der Waals surface area contributed by atoms with Crippen LogP contribution in [0.25, 0.3) is 0 Å². The van der Waals surface area contributed by atoms with E-state index in [0.29, 0.717) is 24.7 Å². The van der Waals surface area contributed by atoms with Gasteiger partial charge in [0, 0.05) is 0 Å². The summed E-state index contributed by atoms with van der Waals surface area (Å²) in [5, 5.41) is 3.73. The van der Waals surface area contributed by atoms with E-state index in [1.165, 1.54) is 0 Å². The van der Waals surface area contributed by atoms with Gasteiger partial charge in [0.2, 0.25) is 0 Å². The minimum atomic E-state index is -0.893. The molecule has 16 heavy (non-hydrogen) atoms. The summed E-state index contributed by atoms with van der Waals surface area (Å²) in [6.45, 7) is 1.02. The lowest BCUT2D eigenvalue weighted by Crippen LogP contribution is -2.48. The number of nitrogens with zero attached hydrogens (tertiary/aromatic N) is 1. The van der Waals surface area contributed by atoms with Crippen LogP contribution in [0.15, 0.2) is 12.1 Å². The molecule has 0 bridgehead atoms. The van der Waals surface area contributed by atoms with Gasteiger partial charge in [-0.2, -0.15) is 0 Å². The van der Waals surface area contributed by atoms with Crippen LogP contribution in [0.4, 0.5) is 4.39 Å². The zero-order valence-electron chi connectivity index (χ0n) is 8.62. The fourth-order valence-electron chi connectivity index (χ4n) is 2.41. The predicted molar refractivity (Wildman–Crippen MR) is 58.1 cm³/mol. The number of alkyl halides is 1. The van der Waals surface area contributed by atoms with Crippen LogP contribution in [-0.4, -0.2) is 23.8 Å². The van der Waals surface area contributed by atoms with E-state index in [9.17, 15) is 4.39 Å². The van der Waals surface area contributed by atoms with E-state index in [1.807, 2.05) is 6.07 Å². The maximum Gasteiger partial charge on any atom is 0.129 e.